The summed E-state index contributed by atoms with van der Waals surface area (Å²) < 4.78 is 0. The molecule has 1 rings (SSSR count). The van der Waals surface area contributed by atoms with Crippen molar-refractivity contribution in [3.8, 4) is 6.07 Å². The van der Waals surface area contributed by atoms with Gasteiger partial charge in [0.2, 0.25) is 5.91 Å². The van der Waals surface area contributed by atoms with E-state index in [2.05, 4.69) is 5.32 Å². The van der Waals surface area contributed by atoms with Crippen LogP contribution in [-0.4, -0.2) is 16.9 Å². The van der Waals surface area contributed by atoms with E-state index < -0.39 is 0 Å². The molecule has 0 radical (unpaired) electrons. The molecule has 1 aromatic carbocycles. The van der Waals surface area contributed by atoms with E-state index in [1.165, 1.54) is 0 Å². The lowest BCUT2D eigenvalue weighted by Crippen LogP contribution is -2.22. The Morgan fingerprint density at radius 1 is 1.62 bits per heavy atom. The molecular weight excluding hydrogens is 220 g/mol. The standard InChI is InChI=1S/C12H14N2OS/c1-3-16-9(2)12(15)14-11-6-4-5-10(7-11)8-13/h4-7,9H,3H2,1-2H3,(H,14,15). The second-order valence-corrected chi connectivity index (χ2v) is 4.90. The molecule has 0 heterocycles. The van der Waals surface area contributed by atoms with Gasteiger partial charge in [-0.25, -0.2) is 0 Å². The number of nitrogens with one attached hydrogen (secondary N) is 1. The van der Waals surface area contributed by atoms with Crippen LogP contribution in [-0.2, 0) is 4.79 Å². The fraction of sp³-hybridized carbons (Fsp3) is 0.333. The molecule has 0 aliphatic heterocycles. The van der Waals surface area contributed by atoms with Crippen molar-refractivity contribution in [3.05, 3.63) is 29.8 Å². The predicted octanol–water partition coefficient (Wildman–Crippen LogP) is 2.64. The van der Waals surface area contributed by atoms with E-state index in [0.29, 0.717) is 11.3 Å². The number of rotatable bonds is 4. The zero-order valence-corrected chi connectivity index (χ0v) is 10.2. The third kappa shape index (κ3) is 3.59. The van der Waals surface area contributed by atoms with E-state index in [0.717, 1.165) is 5.75 Å². The van der Waals surface area contributed by atoms with Gasteiger partial charge < -0.3 is 5.32 Å². The number of anilines is 1. The van der Waals surface area contributed by atoms with Crippen LogP contribution in [0.5, 0.6) is 0 Å². The maximum Gasteiger partial charge on any atom is 0.237 e. The van der Waals surface area contributed by atoms with Gasteiger partial charge in [0, 0.05) is 5.69 Å². The molecule has 0 saturated heterocycles. The highest BCUT2D eigenvalue weighted by atomic mass is 32.2. The molecule has 16 heavy (non-hydrogen) atoms. The molecule has 1 aromatic rings. The first kappa shape index (κ1) is 12.6. The number of thioether (sulfide) groups is 1. The summed E-state index contributed by atoms with van der Waals surface area (Å²) in [7, 11) is 0. The molecule has 4 heteroatoms. The smallest absolute Gasteiger partial charge is 0.237 e. The molecule has 3 nitrogen and oxygen atoms in total. The summed E-state index contributed by atoms with van der Waals surface area (Å²) in [6.45, 7) is 3.89. The van der Waals surface area contributed by atoms with Gasteiger partial charge in [-0.15, -0.1) is 11.8 Å². The highest BCUT2D eigenvalue weighted by Gasteiger charge is 2.12. The number of hydrogen-bond acceptors (Lipinski definition) is 3. The lowest BCUT2D eigenvalue weighted by molar-refractivity contribution is -0.115. The van der Waals surface area contributed by atoms with Crippen LogP contribution in [0.1, 0.15) is 19.4 Å². The van der Waals surface area contributed by atoms with Crippen molar-refractivity contribution < 1.29 is 4.79 Å². The number of amides is 1. The number of carbonyl (C=O) groups is 1. The Morgan fingerprint density at radius 3 is 3.00 bits per heavy atom. The largest absolute Gasteiger partial charge is 0.325 e. The van der Waals surface area contributed by atoms with E-state index >= 15 is 0 Å². The highest BCUT2D eigenvalue weighted by Crippen LogP contribution is 2.14. The van der Waals surface area contributed by atoms with Crippen LogP contribution in [0.25, 0.3) is 0 Å². The topological polar surface area (TPSA) is 52.9 Å². The third-order valence-electron chi connectivity index (χ3n) is 2.05. The number of carbonyl (C=O) groups excluding carboxylic acids is 1. The second-order valence-electron chi connectivity index (χ2n) is 3.28. The number of nitrogens with zero attached hydrogens (tertiary/aromatic N) is 1. The molecule has 0 aliphatic rings. The molecule has 1 unspecified atom stereocenters. The monoisotopic (exact) mass is 234 g/mol. The minimum atomic E-state index is -0.0734. The van der Waals surface area contributed by atoms with Gasteiger partial charge in [-0.05, 0) is 30.9 Å². The third-order valence-corrected chi connectivity index (χ3v) is 3.09. The molecule has 1 amide bonds. The molecule has 0 spiro atoms. The Morgan fingerprint density at radius 2 is 2.38 bits per heavy atom. The highest BCUT2D eigenvalue weighted by molar-refractivity contribution is 8.00. The first-order valence-electron chi connectivity index (χ1n) is 5.10. The molecule has 0 aliphatic carbocycles. The molecule has 84 valence electrons. The molecule has 0 aromatic heterocycles. The Balaban J connectivity index is 2.66. The minimum Gasteiger partial charge on any atom is -0.325 e. The van der Waals surface area contributed by atoms with Crippen molar-refractivity contribution in [2.24, 2.45) is 0 Å². The maximum absolute atomic E-state index is 11.7. The average Bonchev–Trinajstić information content (AvgIpc) is 2.29. The molecule has 0 fully saturated rings. The van der Waals surface area contributed by atoms with Crippen molar-refractivity contribution in [1.82, 2.24) is 0 Å². The predicted molar refractivity (Wildman–Crippen MR) is 67.4 cm³/mol. The molecule has 1 atom stereocenters. The number of hydrogen-bond donors (Lipinski definition) is 1. The first-order chi connectivity index (χ1) is 7.67. The van der Waals surface area contributed by atoms with Gasteiger partial charge in [0.15, 0.2) is 0 Å². The van der Waals surface area contributed by atoms with Crippen LogP contribution in [0, 0.1) is 11.3 Å². The van der Waals surface area contributed by atoms with E-state index in [-0.39, 0.29) is 11.2 Å². The average molecular weight is 234 g/mol. The summed E-state index contributed by atoms with van der Waals surface area (Å²) >= 11 is 1.59. The van der Waals surface area contributed by atoms with E-state index in [9.17, 15) is 4.79 Å². The van der Waals surface area contributed by atoms with E-state index in [1.807, 2.05) is 19.9 Å². The summed E-state index contributed by atoms with van der Waals surface area (Å²) in [6.07, 6.45) is 0. The van der Waals surface area contributed by atoms with Crippen LogP contribution in [0.4, 0.5) is 5.69 Å². The SMILES string of the molecule is CCSC(C)C(=O)Nc1cccc(C#N)c1. The van der Waals surface area contributed by atoms with Crippen LogP contribution in [0.15, 0.2) is 24.3 Å². The van der Waals surface area contributed by atoms with Crippen LogP contribution in [0.3, 0.4) is 0 Å². The van der Waals surface area contributed by atoms with Crippen LogP contribution < -0.4 is 5.32 Å². The fourth-order valence-electron chi connectivity index (χ4n) is 1.24. The van der Waals surface area contributed by atoms with Crippen molar-refractivity contribution in [3.63, 3.8) is 0 Å². The lowest BCUT2D eigenvalue weighted by atomic mass is 10.2. The second kappa shape index (κ2) is 6.19. The van der Waals surface area contributed by atoms with Crippen LogP contribution in [0.2, 0.25) is 0 Å². The normalized spacial score (nSPS) is 11.6. The van der Waals surface area contributed by atoms with Gasteiger partial charge in [-0.3, -0.25) is 4.79 Å². The van der Waals surface area contributed by atoms with Gasteiger partial charge >= 0.3 is 0 Å². The van der Waals surface area contributed by atoms with Crippen LogP contribution >= 0.6 is 11.8 Å². The van der Waals surface area contributed by atoms with E-state index in [1.54, 1.807) is 36.0 Å². The summed E-state index contributed by atoms with van der Waals surface area (Å²) in [6, 6.07) is 8.95. The first-order valence-corrected chi connectivity index (χ1v) is 6.15. The Labute approximate surface area is 99.8 Å². The minimum absolute atomic E-state index is 0.0260. The van der Waals surface area contributed by atoms with Gasteiger partial charge in [-0.1, -0.05) is 13.0 Å². The van der Waals surface area contributed by atoms with Crippen molar-refractivity contribution in [2.45, 2.75) is 19.1 Å². The zero-order valence-electron chi connectivity index (χ0n) is 9.36. The zero-order chi connectivity index (χ0) is 12.0. The summed E-state index contributed by atoms with van der Waals surface area (Å²) in [5.41, 5.74) is 1.22. The molecule has 1 N–H and O–H groups in total. The van der Waals surface area contributed by atoms with Crippen molar-refractivity contribution in [2.75, 3.05) is 11.1 Å². The Bertz CT molecular complexity index is 412. The summed E-state index contributed by atoms with van der Waals surface area (Å²) in [4.78, 5) is 11.7. The molecular formula is C12H14N2OS. The lowest BCUT2D eigenvalue weighted by Gasteiger charge is -2.10. The Kier molecular flexibility index (Phi) is 4.87. The van der Waals surface area contributed by atoms with E-state index in [4.69, 9.17) is 5.26 Å². The fourth-order valence-corrected chi connectivity index (χ4v) is 1.95. The van der Waals surface area contributed by atoms with Gasteiger partial charge in [0.05, 0.1) is 16.9 Å². The number of nitriles is 1. The van der Waals surface area contributed by atoms with Crippen molar-refractivity contribution >= 4 is 23.4 Å². The van der Waals surface area contributed by atoms with Gasteiger partial charge in [-0.2, -0.15) is 5.26 Å². The molecule has 0 saturated carbocycles. The summed E-state index contributed by atoms with van der Waals surface area (Å²) in [5, 5.41) is 11.4. The number of benzene rings is 1. The Hall–Kier alpha value is -1.47. The van der Waals surface area contributed by atoms with Gasteiger partial charge in [0.1, 0.15) is 0 Å². The van der Waals surface area contributed by atoms with Crippen molar-refractivity contribution in [1.29, 1.82) is 5.26 Å². The maximum atomic E-state index is 11.7. The van der Waals surface area contributed by atoms with Gasteiger partial charge in [0.25, 0.3) is 0 Å². The quantitative estimate of drug-likeness (QED) is 0.871. The summed E-state index contributed by atoms with van der Waals surface area (Å²) in [5.74, 6) is 0.884. The molecule has 0 bridgehead atoms.